The number of anilines is 1. The third kappa shape index (κ3) is 2.50. The zero-order chi connectivity index (χ0) is 15.7. The number of hydrogen-bond acceptors (Lipinski definition) is 1. The van der Waals surface area contributed by atoms with Crippen molar-refractivity contribution in [1.29, 1.82) is 0 Å². The molecule has 0 saturated heterocycles. The number of amides is 1. The van der Waals surface area contributed by atoms with Gasteiger partial charge in [0.15, 0.2) is 0 Å². The third-order valence-electron chi connectivity index (χ3n) is 4.53. The topological polar surface area (TPSA) is 20.3 Å². The number of hydrogen-bond donors (Lipinski definition) is 0. The van der Waals surface area contributed by atoms with Crippen LogP contribution in [0.15, 0.2) is 48.5 Å². The van der Waals surface area contributed by atoms with Crippen molar-refractivity contribution < 1.29 is 9.18 Å². The van der Waals surface area contributed by atoms with Crippen LogP contribution in [0.4, 0.5) is 10.1 Å². The molecule has 0 aromatic heterocycles. The van der Waals surface area contributed by atoms with Gasteiger partial charge in [-0.25, -0.2) is 4.39 Å². The molecule has 1 amide bonds. The van der Waals surface area contributed by atoms with Gasteiger partial charge in [-0.2, -0.15) is 0 Å². The van der Waals surface area contributed by atoms with Gasteiger partial charge in [-0.3, -0.25) is 4.79 Å². The number of carbonyl (C=O) groups excluding carboxylic acids is 1. The molecule has 0 unspecified atom stereocenters. The van der Waals surface area contributed by atoms with Gasteiger partial charge in [-0.15, -0.1) is 0 Å². The van der Waals surface area contributed by atoms with Crippen LogP contribution in [-0.4, -0.2) is 13.0 Å². The van der Waals surface area contributed by atoms with Crippen LogP contribution < -0.4 is 4.90 Å². The minimum atomic E-state index is -0.478. The Morgan fingerprint density at radius 1 is 1.09 bits per heavy atom. The standard InChI is InChI=1S/C18H17ClFNO/c1-21(16-9-7-15(20)8-10-16)17(22)18(11-2-12-18)13-3-5-14(19)6-4-13/h3-10H,2,11-12H2,1H3. The number of halogens is 2. The Morgan fingerprint density at radius 2 is 1.68 bits per heavy atom. The van der Waals surface area contributed by atoms with E-state index in [1.807, 2.05) is 24.3 Å². The minimum absolute atomic E-state index is 0.0488. The first-order chi connectivity index (χ1) is 10.5. The highest BCUT2D eigenvalue weighted by Crippen LogP contribution is 2.45. The quantitative estimate of drug-likeness (QED) is 0.812. The van der Waals surface area contributed by atoms with E-state index in [0.29, 0.717) is 10.7 Å². The van der Waals surface area contributed by atoms with Crippen molar-refractivity contribution in [2.24, 2.45) is 0 Å². The largest absolute Gasteiger partial charge is 0.315 e. The molecule has 4 heteroatoms. The van der Waals surface area contributed by atoms with Crippen molar-refractivity contribution in [3.05, 3.63) is 64.9 Å². The molecule has 0 spiro atoms. The molecule has 0 bridgehead atoms. The lowest BCUT2D eigenvalue weighted by Gasteiger charge is -2.43. The van der Waals surface area contributed by atoms with Crippen molar-refractivity contribution in [1.82, 2.24) is 0 Å². The van der Waals surface area contributed by atoms with Gasteiger partial charge in [0.25, 0.3) is 0 Å². The van der Waals surface area contributed by atoms with Gasteiger partial charge < -0.3 is 4.90 Å². The zero-order valence-electron chi connectivity index (χ0n) is 12.4. The summed E-state index contributed by atoms with van der Waals surface area (Å²) in [6.07, 6.45) is 2.70. The van der Waals surface area contributed by atoms with E-state index in [4.69, 9.17) is 11.6 Å². The number of carbonyl (C=O) groups is 1. The van der Waals surface area contributed by atoms with Gasteiger partial charge in [0, 0.05) is 17.8 Å². The SMILES string of the molecule is CN(C(=O)C1(c2ccc(Cl)cc2)CCC1)c1ccc(F)cc1. The van der Waals surface area contributed by atoms with Crippen LogP contribution in [0.5, 0.6) is 0 Å². The van der Waals surface area contributed by atoms with E-state index < -0.39 is 5.41 Å². The maximum atomic E-state index is 13.0. The molecule has 2 aromatic rings. The lowest BCUT2D eigenvalue weighted by molar-refractivity contribution is -0.126. The number of nitrogens with zero attached hydrogens (tertiary/aromatic N) is 1. The Labute approximate surface area is 134 Å². The van der Waals surface area contributed by atoms with Gasteiger partial charge in [-0.1, -0.05) is 30.2 Å². The molecule has 3 rings (SSSR count). The molecule has 22 heavy (non-hydrogen) atoms. The van der Waals surface area contributed by atoms with Crippen molar-refractivity contribution in [3.8, 4) is 0 Å². The molecule has 0 atom stereocenters. The lowest BCUT2D eigenvalue weighted by Crippen LogP contribution is -2.50. The van der Waals surface area contributed by atoms with Gasteiger partial charge in [0.05, 0.1) is 5.41 Å². The number of benzene rings is 2. The van der Waals surface area contributed by atoms with Crippen molar-refractivity contribution in [2.45, 2.75) is 24.7 Å². The molecule has 1 aliphatic carbocycles. The Morgan fingerprint density at radius 3 is 2.18 bits per heavy atom. The third-order valence-corrected chi connectivity index (χ3v) is 4.78. The molecule has 2 aromatic carbocycles. The van der Waals surface area contributed by atoms with Gasteiger partial charge in [-0.05, 0) is 54.8 Å². The summed E-state index contributed by atoms with van der Waals surface area (Å²) in [6, 6.07) is 13.5. The minimum Gasteiger partial charge on any atom is -0.315 e. The predicted octanol–water partition coefficient (Wildman–Crippen LogP) is 4.56. The summed E-state index contributed by atoms with van der Waals surface area (Å²) >= 11 is 5.94. The molecule has 1 saturated carbocycles. The first kappa shape index (κ1) is 15.0. The molecular formula is C18H17ClFNO. The van der Waals surface area contributed by atoms with Crippen molar-refractivity contribution >= 4 is 23.2 Å². The van der Waals surface area contributed by atoms with E-state index in [-0.39, 0.29) is 11.7 Å². The first-order valence-corrected chi connectivity index (χ1v) is 7.70. The van der Waals surface area contributed by atoms with Crippen molar-refractivity contribution in [3.63, 3.8) is 0 Å². The molecule has 0 heterocycles. The summed E-state index contributed by atoms with van der Waals surface area (Å²) in [5, 5.41) is 0.664. The summed E-state index contributed by atoms with van der Waals surface area (Å²) in [5.74, 6) is -0.256. The molecule has 0 aliphatic heterocycles. The summed E-state index contributed by atoms with van der Waals surface area (Å²) in [5.41, 5.74) is 1.22. The molecule has 1 aliphatic rings. The van der Waals surface area contributed by atoms with E-state index in [9.17, 15) is 9.18 Å². The second-order valence-corrected chi connectivity index (χ2v) is 6.22. The number of likely N-dealkylation sites (N-methyl/N-ethyl adjacent to an activating group) is 1. The molecule has 114 valence electrons. The van der Waals surface area contributed by atoms with Crippen LogP contribution >= 0.6 is 11.6 Å². The van der Waals surface area contributed by atoms with Crippen LogP contribution in [-0.2, 0) is 10.2 Å². The zero-order valence-corrected chi connectivity index (χ0v) is 13.1. The molecular weight excluding hydrogens is 301 g/mol. The average molecular weight is 318 g/mol. The summed E-state index contributed by atoms with van der Waals surface area (Å²) in [7, 11) is 1.74. The Kier molecular flexibility index (Phi) is 3.92. The summed E-state index contributed by atoms with van der Waals surface area (Å²) in [4.78, 5) is 14.6. The predicted molar refractivity (Wildman–Crippen MR) is 86.8 cm³/mol. The van der Waals surface area contributed by atoms with Gasteiger partial charge >= 0.3 is 0 Å². The fourth-order valence-corrected chi connectivity index (χ4v) is 3.15. The van der Waals surface area contributed by atoms with E-state index >= 15 is 0 Å². The van der Waals surface area contributed by atoms with Crippen molar-refractivity contribution in [2.75, 3.05) is 11.9 Å². The van der Waals surface area contributed by atoms with E-state index in [1.165, 1.54) is 12.1 Å². The second-order valence-electron chi connectivity index (χ2n) is 5.78. The Hall–Kier alpha value is -1.87. The maximum absolute atomic E-state index is 13.0. The smallest absolute Gasteiger partial charge is 0.237 e. The maximum Gasteiger partial charge on any atom is 0.237 e. The van der Waals surface area contributed by atoms with Gasteiger partial charge in [0.2, 0.25) is 5.91 Å². The molecule has 0 radical (unpaired) electrons. The average Bonchev–Trinajstić information content (AvgIpc) is 2.48. The van der Waals surface area contributed by atoms with Crippen LogP contribution in [0.1, 0.15) is 24.8 Å². The second kappa shape index (κ2) is 5.73. The fourth-order valence-electron chi connectivity index (χ4n) is 3.03. The van der Waals surface area contributed by atoms with Crippen LogP contribution in [0.3, 0.4) is 0 Å². The highest BCUT2D eigenvalue weighted by Gasteiger charge is 2.47. The van der Waals surface area contributed by atoms with E-state index in [1.54, 1.807) is 24.1 Å². The Bertz CT molecular complexity index is 677. The molecule has 2 nitrogen and oxygen atoms in total. The highest BCUT2D eigenvalue weighted by molar-refractivity contribution is 6.30. The molecule has 0 N–H and O–H groups in total. The normalized spacial score (nSPS) is 16.0. The van der Waals surface area contributed by atoms with Crippen LogP contribution in [0, 0.1) is 5.82 Å². The van der Waals surface area contributed by atoms with E-state index in [0.717, 1.165) is 24.8 Å². The van der Waals surface area contributed by atoms with Gasteiger partial charge in [0.1, 0.15) is 5.82 Å². The van der Waals surface area contributed by atoms with Crippen LogP contribution in [0.25, 0.3) is 0 Å². The lowest BCUT2D eigenvalue weighted by atomic mass is 9.63. The summed E-state index contributed by atoms with van der Waals surface area (Å²) < 4.78 is 13.0. The first-order valence-electron chi connectivity index (χ1n) is 7.33. The summed E-state index contributed by atoms with van der Waals surface area (Å²) in [6.45, 7) is 0. The number of rotatable bonds is 3. The monoisotopic (exact) mass is 317 g/mol. The van der Waals surface area contributed by atoms with E-state index in [2.05, 4.69) is 0 Å². The Balaban J connectivity index is 1.91. The fraction of sp³-hybridized carbons (Fsp3) is 0.278. The molecule has 1 fully saturated rings. The highest BCUT2D eigenvalue weighted by atomic mass is 35.5. The van der Waals surface area contributed by atoms with Crippen LogP contribution in [0.2, 0.25) is 5.02 Å².